The Morgan fingerprint density at radius 2 is 1.61 bits per heavy atom. The quantitative estimate of drug-likeness (QED) is 0.538. The van der Waals surface area contributed by atoms with E-state index in [9.17, 15) is 13.6 Å². The number of ether oxygens (including phenoxy) is 1. The monoisotopic (exact) mass is 407 g/mol. The molecule has 0 fully saturated rings. The molecule has 4 nitrogen and oxygen atoms in total. The SMILES string of the molecule is CC(C)(C)[Si](C)(C)Oc1ccc(COC(=O)Nc2ccc(C(F)F)cc2)cc1. The number of rotatable bonds is 6. The van der Waals surface area contributed by atoms with Gasteiger partial charge in [0.25, 0.3) is 6.43 Å². The van der Waals surface area contributed by atoms with Crippen LogP contribution in [0, 0.1) is 0 Å². The van der Waals surface area contributed by atoms with E-state index < -0.39 is 20.8 Å². The van der Waals surface area contributed by atoms with Crippen LogP contribution in [0.4, 0.5) is 19.3 Å². The Morgan fingerprint density at radius 3 is 2.11 bits per heavy atom. The molecule has 28 heavy (non-hydrogen) atoms. The second-order valence-electron chi connectivity index (χ2n) is 8.13. The number of hydrogen-bond donors (Lipinski definition) is 1. The van der Waals surface area contributed by atoms with Crippen LogP contribution in [-0.2, 0) is 11.3 Å². The Bertz CT molecular complexity index is 785. The molecule has 2 aromatic carbocycles. The van der Waals surface area contributed by atoms with Crippen LogP contribution in [0.5, 0.6) is 5.75 Å². The first-order chi connectivity index (χ1) is 13.0. The molecule has 0 aliphatic carbocycles. The molecular formula is C21H27F2NO3Si. The van der Waals surface area contributed by atoms with Crippen LogP contribution < -0.4 is 9.74 Å². The lowest BCUT2D eigenvalue weighted by molar-refractivity contribution is 0.151. The van der Waals surface area contributed by atoms with Crippen molar-refractivity contribution in [1.82, 2.24) is 0 Å². The summed E-state index contributed by atoms with van der Waals surface area (Å²) in [5, 5.41) is 2.62. The van der Waals surface area contributed by atoms with Crippen LogP contribution >= 0.6 is 0 Å². The third kappa shape index (κ3) is 6.05. The lowest BCUT2D eigenvalue weighted by Crippen LogP contribution is -2.43. The third-order valence-corrected chi connectivity index (χ3v) is 9.24. The maximum atomic E-state index is 12.5. The molecule has 0 saturated heterocycles. The summed E-state index contributed by atoms with van der Waals surface area (Å²) < 4.78 is 36.4. The summed E-state index contributed by atoms with van der Waals surface area (Å²) in [6.07, 6.45) is -3.18. The zero-order chi connectivity index (χ0) is 20.9. The van der Waals surface area contributed by atoms with Gasteiger partial charge in [-0.25, -0.2) is 13.6 Å². The van der Waals surface area contributed by atoms with Crippen molar-refractivity contribution in [3.8, 4) is 5.75 Å². The Morgan fingerprint density at radius 1 is 1.04 bits per heavy atom. The van der Waals surface area contributed by atoms with Crippen LogP contribution in [0.3, 0.4) is 0 Å². The number of carbonyl (C=O) groups excluding carboxylic acids is 1. The van der Waals surface area contributed by atoms with Crippen molar-refractivity contribution in [3.63, 3.8) is 0 Å². The highest BCUT2D eigenvalue weighted by atomic mass is 28.4. The van der Waals surface area contributed by atoms with Crippen molar-refractivity contribution in [3.05, 3.63) is 59.7 Å². The van der Waals surface area contributed by atoms with Gasteiger partial charge < -0.3 is 9.16 Å². The van der Waals surface area contributed by atoms with Crippen molar-refractivity contribution >= 4 is 20.1 Å². The van der Waals surface area contributed by atoms with Crippen molar-refractivity contribution in [2.24, 2.45) is 0 Å². The molecular weight excluding hydrogens is 380 g/mol. The molecule has 0 saturated carbocycles. The molecule has 0 bridgehead atoms. The standard InChI is InChI=1S/C21H27F2NO3Si/c1-21(2,3)28(4,5)27-18-12-6-15(7-13-18)14-26-20(25)24-17-10-8-16(9-11-17)19(22)23/h6-13,19H,14H2,1-5H3,(H,24,25). The second kappa shape index (κ2) is 8.73. The molecule has 0 atom stereocenters. The normalized spacial score (nSPS) is 12.0. The van der Waals surface area contributed by atoms with Gasteiger partial charge in [-0.05, 0) is 48.0 Å². The number of benzene rings is 2. The van der Waals surface area contributed by atoms with E-state index in [0.717, 1.165) is 11.3 Å². The minimum Gasteiger partial charge on any atom is -0.544 e. The fraction of sp³-hybridized carbons (Fsp3) is 0.381. The van der Waals surface area contributed by atoms with Gasteiger partial charge in [-0.15, -0.1) is 0 Å². The number of alkyl halides is 2. The summed E-state index contributed by atoms with van der Waals surface area (Å²) in [6.45, 7) is 11.0. The van der Waals surface area contributed by atoms with Gasteiger partial charge in [0.05, 0.1) is 0 Å². The van der Waals surface area contributed by atoms with Gasteiger partial charge >= 0.3 is 6.09 Å². The average molecular weight is 408 g/mol. The highest BCUT2D eigenvalue weighted by Crippen LogP contribution is 2.37. The predicted octanol–water partition coefficient (Wildman–Crippen LogP) is 6.76. The zero-order valence-corrected chi connectivity index (χ0v) is 17.9. The first-order valence-electron chi connectivity index (χ1n) is 9.08. The number of nitrogens with one attached hydrogen (secondary N) is 1. The molecule has 0 radical (unpaired) electrons. The molecule has 0 aliphatic heterocycles. The summed E-state index contributed by atoms with van der Waals surface area (Å²) in [6, 6.07) is 12.8. The minimum atomic E-state index is -2.54. The summed E-state index contributed by atoms with van der Waals surface area (Å²) in [7, 11) is -1.90. The molecule has 152 valence electrons. The van der Waals surface area contributed by atoms with Crippen LogP contribution in [-0.4, -0.2) is 14.4 Å². The molecule has 1 amide bonds. The molecule has 0 spiro atoms. The van der Waals surface area contributed by atoms with Crippen LogP contribution in [0.2, 0.25) is 18.1 Å². The van der Waals surface area contributed by atoms with E-state index in [4.69, 9.17) is 9.16 Å². The van der Waals surface area contributed by atoms with Gasteiger partial charge in [0.1, 0.15) is 12.4 Å². The molecule has 2 aromatic rings. The molecule has 2 rings (SSSR count). The highest BCUT2D eigenvalue weighted by molar-refractivity contribution is 6.74. The van der Waals surface area contributed by atoms with Gasteiger partial charge in [0.15, 0.2) is 0 Å². The van der Waals surface area contributed by atoms with Crippen LogP contribution in [0.25, 0.3) is 0 Å². The molecule has 0 aliphatic rings. The van der Waals surface area contributed by atoms with E-state index >= 15 is 0 Å². The number of amides is 1. The highest BCUT2D eigenvalue weighted by Gasteiger charge is 2.38. The molecule has 0 unspecified atom stereocenters. The molecule has 1 N–H and O–H groups in total. The van der Waals surface area contributed by atoms with Crippen molar-refractivity contribution in [2.75, 3.05) is 5.32 Å². The number of carbonyl (C=O) groups is 1. The Labute approximate surface area is 166 Å². The first-order valence-corrected chi connectivity index (χ1v) is 12.0. The average Bonchev–Trinajstić information content (AvgIpc) is 2.60. The Kier molecular flexibility index (Phi) is 6.82. The lowest BCUT2D eigenvalue weighted by Gasteiger charge is -2.36. The van der Waals surface area contributed by atoms with Gasteiger partial charge in [0, 0.05) is 11.3 Å². The Balaban J connectivity index is 1.86. The summed E-state index contributed by atoms with van der Waals surface area (Å²) in [4.78, 5) is 11.9. The van der Waals surface area contributed by atoms with Gasteiger partial charge in [-0.2, -0.15) is 0 Å². The van der Waals surface area contributed by atoms with Crippen molar-refractivity contribution in [2.45, 2.75) is 51.9 Å². The van der Waals surface area contributed by atoms with E-state index in [1.54, 1.807) is 0 Å². The summed E-state index contributed by atoms with van der Waals surface area (Å²) in [5.41, 5.74) is 1.12. The van der Waals surface area contributed by atoms with Crippen LogP contribution in [0.15, 0.2) is 48.5 Å². The second-order valence-corrected chi connectivity index (χ2v) is 12.9. The van der Waals surface area contributed by atoms with E-state index in [-0.39, 0.29) is 17.2 Å². The zero-order valence-electron chi connectivity index (χ0n) is 16.9. The van der Waals surface area contributed by atoms with E-state index in [1.165, 1.54) is 24.3 Å². The molecule has 7 heteroatoms. The van der Waals surface area contributed by atoms with E-state index in [2.05, 4.69) is 39.2 Å². The minimum absolute atomic E-state index is 0.0982. The first kappa shape index (κ1) is 21.9. The fourth-order valence-corrected chi connectivity index (χ4v) is 3.15. The summed E-state index contributed by atoms with van der Waals surface area (Å²) in [5.74, 6) is 0.805. The fourth-order valence-electron chi connectivity index (χ4n) is 2.12. The number of halogens is 2. The number of hydrogen-bond acceptors (Lipinski definition) is 3. The van der Waals surface area contributed by atoms with Gasteiger partial charge in [-0.3, -0.25) is 5.32 Å². The Hall–Kier alpha value is -2.41. The van der Waals surface area contributed by atoms with E-state index in [1.807, 2.05) is 24.3 Å². The third-order valence-electron chi connectivity index (χ3n) is 4.88. The van der Waals surface area contributed by atoms with Crippen molar-refractivity contribution < 1.29 is 22.7 Å². The van der Waals surface area contributed by atoms with Gasteiger partial charge in [0.2, 0.25) is 8.32 Å². The number of anilines is 1. The van der Waals surface area contributed by atoms with Crippen LogP contribution in [0.1, 0.15) is 38.3 Å². The molecule has 0 aromatic heterocycles. The molecule has 0 heterocycles. The maximum absolute atomic E-state index is 12.5. The summed E-state index contributed by atoms with van der Waals surface area (Å²) >= 11 is 0. The smallest absolute Gasteiger partial charge is 0.411 e. The van der Waals surface area contributed by atoms with Crippen molar-refractivity contribution in [1.29, 1.82) is 0 Å². The topological polar surface area (TPSA) is 47.6 Å². The largest absolute Gasteiger partial charge is 0.544 e. The van der Waals surface area contributed by atoms with E-state index in [0.29, 0.717) is 5.69 Å². The predicted molar refractivity (Wildman–Crippen MR) is 109 cm³/mol. The maximum Gasteiger partial charge on any atom is 0.411 e. The van der Waals surface area contributed by atoms with Gasteiger partial charge in [-0.1, -0.05) is 45.0 Å². The lowest BCUT2D eigenvalue weighted by atomic mass is 10.2.